The second kappa shape index (κ2) is 9.01. The summed E-state index contributed by atoms with van der Waals surface area (Å²) in [6.07, 6.45) is 0.0771. The van der Waals surface area contributed by atoms with Gasteiger partial charge in [0.1, 0.15) is 28.7 Å². The van der Waals surface area contributed by atoms with Crippen molar-refractivity contribution in [3.63, 3.8) is 0 Å². The lowest BCUT2D eigenvalue weighted by molar-refractivity contribution is -0.153. The predicted octanol–water partition coefficient (Wildman–Crippen LogP) is 1.23. The molecule has 3 aliphatic carbocycles. The Morgan fingerprint density at radius 2 is 1.79 bits per heavy atom. The first-order chi connectivity index (χ1) is 18.3. The largest absolute Gasteiger partial charge is 0.508 e. The molecule has 39 heavy (non-hydrogen) atoms. The lowest BCUT2D eigenvalue weighted by Gasteiger charge is -2.50. The average Bonchev–Trinajstić information content (AvgIpc) is 2.86. The topological polar surface area (TPSA) is 187 Å². The van der Waals surface area contributed by atoms with Gasteiger partial charge in [-0.3, -0.25) is 19.3 Å². The zero-order valence-electron chi connectivity index (χ0n) is 21.2. The van der Waals surface area contributed by atoms with E-state index in [0.717, 1.165) is 0 Å². The Balaban J connectivity index is 1.77. The monoisotopic (exact) mass is 537 g/mol. The minimum Gasteiger partial charge on any atom is -0.508 e. The third-order valence-corrected chi connectivity index (χ3v) is 8.17. The zero-order chi connectivity index (χ0) is 28.5. The van der Waals surface area contributed by atoms with E-state index in [4.69, 9.17) is 11.5 Å². The normalized spacial score (nSPS) is 26.5. The molecule has 1 fully saturated rings. The number of carbonyl (C=O) groups is 3. The first-order valence-corrected chi connectivity index (χ1v) is 12.3. The van der Waals surface area contributed by atoms with Crippen LogP contribution in [0, 0.1) is 17.7 Å². The lowest BCUT2D eigenvalue weighted by Crippen LogP contribution is -2.65. The predicted molar refractivity (Wildman–Crippen MR) is 138 cm³/mol. The molecule has 5 rings (SSSR count). The van der Waals surface area contributed by atoms with Gasteiger partial charge in [0.2, 0.25) is 5.78 Å². The maximum atomic E-state index is 14.0. The fourth-order valence-electron chi connectivity index (χ4n) is 6.41. The van der Waals surface area contributed by atoms with Gasteiger partial charge in [0, 0.05) is 23.6 Å². The molecule has 0 saturated heterocycles. The highest BCUT2D eigenvalue weighted by molar-refractivity contribution is 6.24. The van der Waals surface area contributed by atoms with Crippen LogP contribution in [0.25, 0.3) is 16.9 Å². The van der Waals surface area contributed by atoms with Crippen LogP contribution in [0.3, 0.4) is 0 Å². The van der Waals surface area contributed by atoms with E-state index in [1.54, 1.807) is 18.2 Å². The van der Waals surface area contributed by atoms with Crippen LogP contribution in [0.1, 0.15) is 23.1 Å². The van der Waals surface area contributed by atoms with Gasteiger partial charge in [0.25, 0.3) is 5.91 Å². The minimum atomic E-state index is -2.72. The van der Waals surface area contributed by atoms with E-state index >= 15 is 0 Å². The molecule has 1 saturated carbocycles. The van der Waals surface area contributed by atoms with Crippen molar-refractivity contribution in [3.05, 3.63) is 69.7 Å². The van der Waals surface area contributed by atoms with Crippen molar-refractivity contribution in [3.8, 4) is 16.9 Å². The quantitative estimate of drug-likeness (QED) is 0.312. The Morgan fingerprint density at radius 1 is 1.15 bits per heavy atom. The molecule has 0 radical (unpaired) electrons. The molecule has 0 aromatic heterocycles. The molecule has 204 valence electrons. The van der Waals surface area contributed by atoms with Crippen LogP contribution >= 0.6 is 0 Å². The number of likely N-dealkylation sites (N-methyl/N-ethyl adjacent to an activating group) is 1. The molecule has 0 heterocycles. The van der Waals surface area contributed by atoms with Gasteiger partial charge in [-0.25, -0.2) is 4.39 Å². The minimum absolute atomic E-state index is 0.0337. The molecule has 2 aromatic carbocycles. The average molecular weight is 538 g/mol. The number of phenols is 1. The molecule has 0 bridgehead atoms. The number of rotatable bonds is 4. The second-order valence-corrected chi connectivity index (χ2v) is 10.5. The van der Waals surface area contributed by atoms with Gasteiger partial charge in [-0.15, -0.1) is 0 Å². The number of nitrogens with two attached hydrogens (primary N) is 2. The van der Waals surface area contributed by atoms with Gasteiger partial charge < -0.3 is 31.9 Å². The second-order valence-electron chi connectivity index (χ2n) is 10.5. The number of hydrogen-bond donors (Lipinski definition) is 6. The van der Waals surface area contributed by atoms with Gasteiger partial charge in [-0.2, -0.15) is 0 Å². The molecule has 4 atom stereocenters. The highest BCUT2D eigenvalue weighted by Crippen LogP contribution is 2.54. The van der Waals surface area contributed by atoms with E-state index < -0.39 is 63.9 Å². The van der Waals surface area contributed by atoms with E-state index in [1.807, 2.05) is 0 Å². The summed E-state index contributed by atoms with van der Waals surface area (Å²) in [4.78, 5) is 40.7. The summed E-state index contributed by atoms with van der Waals surface area (Å²) in [6, 6.07) is 6.09. The van der Waals surface area contributed by atoms with Gasteiger partial charge in [-0.05, 0) is 67.7 Å². The van der Waals surface area contributed by atoms with Gasteiger partial charge in [0.05, 0.1) is 11.6 Å². The van der Waals surface area contributed by atoms with Gasteiger partial charge in [-0.1, -0.05) is 12.1 Å². The summed E-state index contributed by atoms with van der Waals surface area (Å²) in [5.41, 5.74) is 9.16. The summed E-state index contributed by atoms with van der Waals surface area (Å²) in [6.45, 7) is -0.114. The maximum absolute atomic E-state index is 14.0. The van der Waals surface area contributed by atoms with Gasteiger partial charge in [0.15, 0.2) is 11.4 Å². The highest BCUT2D eigenvalue weighted by Gasteiger charge is 2.64. The highest BCUT2D eigenvalue weighted by atomic mass is 19.1. The summed E-state index contributed by atoms with van der Waals surface area (Å²) in [5, 5.41) is 45.1. The molecule has 8 N–H and O–H groups in total. The Labute approximate surface area is 222 Å². The SMILES string of the molecule is CN(C)[C@H]1C(=O)C(C(N)=O)=C(O)[C@@]2(O)C(=O)C3=C(O)c4c(O)c(CN)cc(-c5ccc(F)cc5)c4C[C@H]3C[C@@H]12. The summed E-state index contributed by atoms with van der Waals surface area (Å²) < 4.78 is 13.7. The molecule has 2 aromatic rings. The third kappa shape index (κ3) is 3.61. The van der Waals surface area contributed by atoms with Crippen molar-refractivity contribution in [1.29, 1.82) is 0 Å². The van der Waals surface area contributed by atoms with Crippen LogP contribution in [-0.2, 0) is 27.3 Å². The number of Topliss-reactive ketones (excluding diaryl/α,β-unsaturated/α-hetero) is 2. The van der Waals surface area contributed by atoms with E-state index in [-0.39, 0.29) is 41.8 Å². The molecule has 11 heteroatoms. The van der Waals surface area contributed by atoms with Crippen LogP contribution in [0.5, 0.6) is 5.75 Å². The number of benzene rings is 2. The molecular weight excluding hydrogens is 509 g/mol. The molecule has 0 aliphatic heterocycles. The van der Waals surface area contributed by atoms with E-state index in [2.05, 4.69) is 0 Å². The van der Waals surface area contributed by atoms with Crippen LogP contribution in [-0.4, -0.2) is 68.5 Å². The molecule has 1 amide bonds. The number of primary amides is 1. The van der Waals surface area contributed by atoms with Gasteiger partial charge >= 0.3 is 0 Å². The number of phenolic OH excluding ortho intramolecular Hbond substituents is 1. The first-order valence-electron chi connectivity index (χ1n) is 12.3. The zero-order valence-corrected chi connectivity index (χ0v) is 21.2. The smallest absolute Gasteiger partial charge is 0.255 e. The number of amides is 1. The van der Waals surface area contributed by atoms with Crippen LogP contribution in [0.2, 0.25) is 0 Å². The molecule has 3 aliphatic rings. The summed E-state index contributed by atoms with van der Waals surface area (Å²) in [7, 11) is 3.07. The third-order valence-electron chi connectivity index (χ3n) is 8.17. The summed E-state index contributed by atoms with van der Waals surface area (Å²) in [5.74, 6) is -7.68. The Kier molecular flexibility index (Phi) is 6.13. The number of aliphatic hydroxyl groups excluding tert-OH is 2. The molecule has 0 spiro atoms. The van der Waals surface area contributed by atoms with Crippen molar-refractivity contribution in [2.45, 2.75) is 31.0 Å². The molecule has 0 unspecified atom stereocenters. The Hall–Kier alpha value is -4.06. The van der Waals surface area contributed by atoms with Crippen molar-refractivity contribution in [1.82, 2.24) is 4.90 Å². The van der Waals surface area contributed by atoms with E-state index in [1.165, 1.54) is 31.1 Å². The molecule has 10 nitrogen and oxygen atoms in total. The number of carbonyl (C=O) groups excluding carboxylic acids is 3. The standard InChI is InChI=1S/C28H28FN3O7/c1-32(2)21-17-9-12-7-16-15(11-3-5-14(29)6-4-11)8-13(10-30)22(33)19(16)23(34)18(12)25(36)28(17,39)26(37)20(24(21)35)27(31)38/h3-6,8,12,17,21,33-34,37,39H,7,9-10,30H2,1-2H3,(H2,31,38)/t12-,17-,21+,28-/m0/s1. The molecular formula is C28H28FN3O7. The van der Waals surface area contributed by atoms with E-state index in [9.17, 15) is 39.2 Å². The van der Waals surface area contributed by atoms with Crippen LogP contribution < -0.4 is 11.5 Å². The number of halogens is 1. The lowest BCUT2D eigenvalue weighted by atomic mass is 9.57. The maximum Gasteiger partial charge on any atom is 0.255 e. The number of ketones is 2. The Bertz CT molecular complexity index is 1510. The van der Waals surface area contributed by atoms with E-state index in [0.29, 0.717) is 16.7 Å². The Morgan fingerprint density at radius 3 is 2.36 bits per heavy atom. The number of aromatic hydroxyl groups is 1. The van der Waals surface area contributed by atoms with Crippen molar-refractivity contribution in [2.24, 2.45) is 23.3 Å². The number of aliphatic hydroxyl groups is 3. The number of hydrogen-bond acceptors (Lipinski definition) is 9. The first kappa shape index (κ1) is 26.5. The number of nitrogens with zero attached hydrogens (tertiary/aromatic N) is 1. The van der Waals surface area contributed by atoms with Crippen LogP contribution in [0.4, 0.5) is 4.39 Å². The fraction of sp³-hybridized carbons (Fsp3) is 0.321. The van der Waals surface area contributed by atoms with Crippen LogP contribution in [0.15, 0.2) is 47.2 Å². The van der Waals surface area contributed by atoms with Crippen molar-refractivity contribution < 1.29 is 39.2 Å². The number of fused-ring (bicyclic) bond motifs is 3. The van der Waals surface area contributed by atoms with Crippen molar-refractivity contribution >= 4 is 23.2 Å². The van der Waals surface area contributed by atoms with Crippen molar-refractivity contribution in [2.75, 3.05) is 14.1 Å². The summed E-state index contributed by atoms with van der Waals surface area (Å²) >= 11 is 0. The fourth-order valence-corrected chi connectivity index (χ4v) is 6.41.